The molecular formula is C25H19ClF4N6O3S. The second kappa shape index (κ2) is 10.3. The van der Waals surface area contributed by atoms with Crippen molar-refractivity contribution >= 4 is 56.8 Å². The van der Waals surface area contributed by atoms with E-state index in [9.17, 15) is 32.4 Å². The minimum atomic E-state index is -4.56. The maximum atomic E-state index is 14.2. The highest BCUT2D eigenvalue weighted by molar-refractivity contribution is 8.09. The molecule has 0 aliphatic carbocycles. The van der Waals surface area contributed by atoms with E-state index in [1.54, 1.807) is 6.08 Å². The molecule has 0 bridgehead atoms. The Morgan fingerprint density at radius 1 is 1.25 bits per heavy atom. The number of anilines is 1. The number of rotatable bonds is 6. The SMILES string of the molecule is COc1cc(C2=CC3C(S2)C(=O)N(c2cncc4c2c(C)nn4CC(F)(F)F)C(=O)N3CCC#N)c(Cl)cc1F. The summed E-state index contributed by atoms with van der Waals surface area (Å²) in [5.41, 5.74) is 0.543. The molecule has 0 saturated carbocycles. The first kappa shape index (κ1) is 27.7. The molecule has 2 atom stereocenters. The van der Waals surface area contributed by atoms with Crippen LogP contribution in [0.25, 0.3) is 15.8 Å². The van der Waals surface area contributed by atoms with Crippen molar-refractivity contribution < 1.29 is 31.9 Å². The summed E-state index contributed by atoms with van der Waals surface area (Å²) >= 11 is 7.41. The topological polar surface area (TPSA) is 104 Å². The molecule has 5 rings (SSSR count). The number of imide groups is 1. The Morgan fingerprint density at radius 2 is 2.00 bits per heavy atom. The van der Waals surface area contributed by atoms with E-state index in [1.807, 2.05) is 6.07 Å². The number of pyridine rings is 1. The average Bonchev–Trinajstić information content (AvgIpc) is 3.45. The van der Waals surface area contributed by atoms with Crippen LogP contribution in [0.3, 0.4) is 0 Å². The number of carbonyl (C=O) groups is 2. The van der Waals surface area contributed by atoms with Gasteiger partial charge in [-0.3, -0.25) is 14.5 Å². The van der Waals surface area contributed by atoms with Crippen LogP contribution in [0.2, 0.25) is 5.02 Å². The van der Waals surface area contributed by atoms with Gasteiger partial charge in [0, 0.05) is 17.0 Å². The number of halogens is 5. The lowest BCUT2D eigenvalue weighted by Gasteiger charge is -2.41. The molecule has 2 unspecified atom stereocenters. The van der Waals surface area contributed by atoms with Crippen LogP contribution in [0, 0.1) is 24.1 Å². The third-order valence-electron chi connectivity index (χ3n) is 6.50. The second-order valence-corrected chi connectivity index (χ2v) is 10.6. The maximum absolute atomic E-state index is 14.2. The fourth-order valence-electron chi connectivity index (χ4n) is 4.83. The zero-order valence-corrected chi connectivity index (χ0v) is 22.4. The third kappa shape index (κ3) is 4.73. The lowest BCUT2D eigenvalue weighted by molar-refractivity contribution is -0.141. The number of urea groups is 1. The number of ether oxygens (including phenoxy) is 1. The molecule has 3 aromatic rings. The molecule has 15 heteroatoms. The molecule has 1 saturated heterocycles. The number of nitrogens with zero attached hydrogens (tertiary/aromatic N) is 6. The highest BCUT2D eigenvalue weighted by Gasteiger charge is 2.50. The molecule has 40 heavy (non-hydrogen) atoms. The van der Waals surface area contributed by atoms with Crippen LogP contribution in [0.5, 0.6) is 5.75 Å². The predicted octanol–water partition coefficient (Wildman–Crippen LogP) is 5.31. The molecule has 4 heterocycles. The maximum Gasteiger partial charge on any atom is 0.408 e. The molecule has 2 aliphatic heterocycles. The Labute approximate surface area is 233 Å². The van der Waals surface area contributed by atoms with Crippen molar-refractivity contribution in [1.29, 1.82) is 5.26 Å². The number of benzene rings is 1. The van der Waals surface area contributed by atoms with Gasteiger partial charge < -0.3 is 9.64 Å². The van der Waals surface area contributed by atoms with Crippen LogP contribution >= 0.6 is 23.4 Å². The number of methoxy groups -OCH3 is 1. The van der Waals surface area contributed by atoms with Crippen molar-refractivity contribution in [2.24, 2.45) is 0 Å². The number of nitriles is 1. The third-order valence-corrected chi connectivity index (χ3v) is 8.16. The van der Waals surface area contributed by atoms with Gasteiger partial charge >= 0.3 is 12.2 Å². The van der Waals surface area contributed by atoms with Crippen LogP contribution in [0.4, 0.5) is 28.0 Å². The Bertz CT molecular complexity index is 1620. The van der Waals surface area contributed by atoms with E-state index in [0.29, 0.717) is 10.5 Å². The minimum Gasteiger partial charge on any atom is -0.494 e. The van der Waals surface area contributed by atoms with Gasteiger partial charge in [0.05, 0.1) is 65.3 Å². The van der Waals surface area contributed by atoms with E-state index in [2.05, 4.69) is 10.1 Å². The summed E-state index contributed by atoms with van der Waals surface area (Å²) in [4.78, 5) is 34.4. The highest BCUT2D eigenvalue weighted by Crippen LogP contribution is 2.48. The average molecular weight is 595 g/mol. The van der Waals surface area contributed by atoms with E-state index >= 15 is 0 Å². The summed E-state index contributed by atoms with van der Waals surface area (Å²) in [6.45, 7) is 0.0664. The number of hydrogen-bond acceptors (Lipinski definition) is 7. The van der Waals surface area contributed by atoms with E-state index < -0.39 is 41.8 Å². The summed E-state index contributed by atoms with van der Waals surface area (Å²) in [5.74, 6) is -1.38. The van der Waals surface area contributed by atoms with Crippen LogP contribution in [0.15, 0.2) is 30.6 Å². The van der Waals surface area contributed by atoms with Crippen molar-refractivity contribution in [2.75, 3.05) is 18.6 Å². The minimum absolute atomic E-state index is 0.00158. The van der Waals surface area contributed by atoms with Crippen LogP contribution < -0.4 is 9.64 Å². The van der Waals surface area contributed by atoms with Gasteiger partial charge in [-0.2, -0.15) is 23.5 Å². The van der Waals surface area contributed by atoms with Gasteiger partial charge in [0.15, 0.2) is 11.6 Å². The lowest BCUT2D eigenvalue weighted by atomic mass is 10.0. The molecule has 3 amide bonds. The van der Waals surface area contributed by atoms with Crippen LogP contribution in [-0.2, 0) is 11.3 Å². The number of hydrogen-bond donors (Lipinski definition) is 0. The van der Waals surface area contributed by atoms with E-state index in [1.165, 1.54) is 37.4 Å². The largest absolute Gasteiger partial charge is 0.494 e. The molecule has 9 nitrogen and oxygen atoms in total. The zero-order chi connectivity index (χ0) is 28.9. The number of aryl methyl sites for hydroxylation is 1. The van der Waals surface area contributed by atoms with Gasteiger partial charge in [-0.25, -0.2) is 14.1 Å². The number of aromatic nitrogens is 3. The summed E-state index contributed by atoms with van der Waals surface area (Å²) in [7, 11) is 1.29. The fourth-order valence-corrected chi connectivity index (χ4v) is 6.50. The van der Waals surface area contributed by atoms with Gasteiger partial charge in [0.2, 0.25) is 0 Å². The molecule has 0 spiro atoms. The molecule has 0 radical (unpaired) electrons. The van der Waals surface area contributed by atoms with Gasteiger partial charge in [-0.15, -0.1) is 11.8 Å². The van der Waals surface area contributed by atoms with Crippen LogP contribution in [0.1, 0.15) is 17.7 Å². The van der Waals surface area contributed by atoms with Crippen molar-refractivity contribution in [3.8, 4) is 11.8 Å². The Balaban J connectivity index is 1.59. The van der Waals surface area contributed by atoms with E-state index in [4.69, 9.17) is 16.3 Å². The van der Waals surface area contributed by atoms with Crippen molar-refractivity contribution in [1.82, 2.24) is 19.7 Å². The Kier molecular flexibility index (Phi) is 7.13. The normalized spacial score (nSPS) is 19.2. The van der Waals surface area contributed by atoms with Crippen LogP contribution in [-0.4, -0.2) is 62.7 Å². The summed E-state index contributed by atoms with van der Waals surface area (Å²) in [5, 5.41) is 12.5. The molecule has 0 N–H and O–H groups in total. The molecule has 2 aliphatic rings. The van der Waals surface area contributed by atoms with E-state index in [0.717, 1.165) is 27.4 Å². The standard InChI is InChI=1S/C25H19ClF4N6O3S/c1-12-21-17(35(33-12)11-25(28,29)30)9-32-10-18(21)36-23(37)22-16(34(24(36)38)5-3-4-31)8-20(40-22)13-6-19(39-2)15(27)7-14(13)26/h6-10,16,22H,3,5,11H2,1-2H3. The van der Waals surface area contributed by atoms with Gasteiger partial charge in [-0.1, -0.05) is 11.6 Å². The molecule has 1 aromatic carbocycles. The number of fused-ring (bicyclic) bond motifs is 2. The van der Waals surface area contributed by atoms with Crippen molar-refractivity contribution in [3.63, 3.8) is 0 Å². The summed E-state index contributed by atoms with van der Waals surface area (Å²) in [6, 6.07) is 2.92. The Hall–Kier alpha value is -3.83. The Morgan fingerprint density at radius 3 is 2.67 bits per heavy atom. The quantitative estimate of drug-likeness (QED) is 0.356. The summed E-state index contributed by atoms with van der Waals surface area (Å²) < 4.78 is 59.5. The number of thioether (sulfide) groups is 1. The first-order valence-corrected chi connectivity index (χ1v) is 13.0. The number of alkyl halides is 3. The summed E-state index contributed by atoms with van der Waals surface area (Å²) in [6.07, 6.45) is -0.534. The number of amides is 3. The smallest absolute Gasteiger partial charge is 0.408 e. The second-order valence-electron chi connectivity index (χ2n) is 9.00. The monoisotopic (exact) mass is 594 g/mol. The van der Waals surface area contributed by atoms with Crippen molar-refractivity contribution in [2.45, 2.75) is 37.4 Å². The highest BCUT2D eigenvalue weighted by atomic mass is 35.5. The van der Waals surface area contributed by atoms with Crippen molar-refractivity contribution in [3.05, 3.63) is 52.7 Å². The first-order chi connectivity index (χ1) is 18.9. The first-order valence-electron chi connectivity index (χ1n) is 11.8. The zero-order valence-electron chi connectivity index (χ0n) is 20.9. The van der Waals surface area contributed by atoms with Gasteiger partial charge in [0.25, 0.3) is 5.91 Å². The molecule has 208 valence electrons. The van der Waals surface area contributed by atoms with E-state index in [-0.39, 0.29) is 46.0 Å². The van der Waals surface area contributed by atoms with Gasteiger partial charge in [0.1, 0.15) is 11.8 Å². The lowest BCUT2D eigenvalue weighted by Crippen LogP contribution is -2.62. The fraction of sp³-hybridized carbons (Fsp3) is 0.320. The molecule has 1 fully saturated rings. The van der Waals surface area contributed by atoms with Gasteiger partial charge in [-0.05, 0) is 25.1 Å². The molecular weight excluding hydrogens is 576 g/mol. The number of carbonyl (C=O) groups excluding carboxylic acids is 2. The molecule has 2 aromatic heterocycles. The predicted molar refractivity (Wildman–Crippen MR) is 139 cm³/mol.